The zero-order chi connectivity index (χ0) is 17.3. The van der Waals surface area contributed by atoms with Crippen molar-refractivity contribution < 1.29 is 14.3 Å². The van der Waals surface area contributed by atoms with Crippen LogP contribution in [0, 0.1) is 5.21 Å². The first-order chi connectivity index (χ1) is 11.5. The van der Waals surface area contributed by atoms with Crippen molar-refractivity contribution in [3.8, 4) is 5.75 Å². The highest BCUT2D eigenvalue weighted by Crippen LogP contribution is 2.29. The van der Waals surface area contributed by atoms with Crippen LogP contribution in [0.25, 0.3) is 10.9 Å². The summed E-state index contributed by atoms with van der Waals surface area (Å²) < 4.78 is 5.97. The summed E-state index contributed by atoms with van der Waals surface area (Å²) in [5.74, 6) is 0.0123. The molecule has 0 aliphatic rings. The molecule has 0 radical (unpaired) electrons. The van der Waals surface area contributed by atoms with Gasteiger partial charge < -0.3 is 15.3 Å². The summed E-state index contributed by atoms with van der Waals surface area (Å²) in [4.78, 5) is 12.5. The largest absolute Gasteiger partial charge is 0.618 e. The van der Waals surface area contributed by atoms with E-state index < -0.39 is 5.91 Å². The van der Waals surface area contributed by atoms with Crippen molar-refractivity contribution in [2.24, 2.45) is 0 Å². The molecule has 0 aliphatic carbocycles. The fourth-order valence-electron chi connectivity index (χ4n) is 2.53. The van der Waals surface area contributed by atoms with E-state index in [1.807, 2.05) is 13.8 Å². The number of rotatable bonds is 4. The topological polar surface area (TPSA) is 93.9 Å². The number of aromatic nitrogens is 3. The van der Waals surface area contributed by atoms with Gasteiger partial charge in [0.1, 0.15) is 5.75 Å². The van der Waals surface area contributed by atoms with Gasteiger partial charge in [0, 0.05) is 29.5 Å². The Labute approximate surface area is 138 Å². The molecule has 3 rings (SSSR count). The number of methoxy groups -OCH3 is 1. The Balaban J connectivity index is 1.97. The van der Waals surface area contributed by atoms with E-state index in [1.165, 1.54) is 13.2 Å². The van der Waals surface area contributed by atoms with Crippen LogP contribution in [-0.2, 0) is 0 Å². The van der Waals surface area contributed by atoms with E-state index in [0.29, 0.717) is 21.9 Å². The highest BCUT2D eigenvalue weighted by atomic mass is 16.5. The molecular formula is C17H18N4O3. The van der Waals surface area contributed by atoms with Crippen molar-refractivity contribution in [3.05, 3.63) is 53.1 Å². The average molecular weight is 326 g/mol. The average Bonchev–Trinajstić information content (AvgIpc) is 3.01. The SMILES string of the molecule is COc1cc2[nH]ncc2cc1NC(=O)c1cccc(C(C)C)[n+]1[O-]. The number of ether oxygens (including phenoxy) is 1. The normalized spacial score (nSPS) is 11.0. The van der Waals surface area contributed by atoms with Crippen LogP contribution in [0.5, 0.6) is 5.75 Å². The third-order valence-electron chi connectivity index (χ3n) is 3.81. The van der Waals surface area contributed by atoms with Crippen molar-refractivity contribution in [3.63, 3.8) is 0 Å². The number of hydrogen-bond donors (Lipinski definition) is 2. The summed E-state index contributed by atoms with van der Waals surface area (Å²) in [6.45, 7) is 3.81. The minimum absolute atomic E-state index is 0.0204. The summed E-state index contributed by atoms with van der Waals surface area (Å²) in [5.41, 5.74) is 1.85. The van der Waals surface area contributed by atoms with Gasteiger partial charge in [0.15, 0.2) is 5.69 Å². The molecule has 0 saturated carbocycles. The van der Waals surface area contributed by atoms with Gasteiger partial charge in [-0.05, 0) is 12.1 Å². The van der Waals surface area contributed by atoms with Crippen LogP contribution in [0.15, 0.2) is 36.5 Å². The summed E-state index contributed by atoms with van der Waals surface area (Å²) in [6.07, 6.45) is 1.65. The number of hydrogen-bond acceptors (Lipinski definition) is 4. The third-order valence-corrected chi connectivity index (χ3v) is 3.81. The number of amides is 1. The van der Waals surface area contributed by atoms with Crippen molar-refractivity contribution in [1.29, 1.82) is 0 Å². The number of nitrogens with zero attached hydrogens (tertiary/aromatic N) is 2. The van der Waals surface area contributed by atoms with Gasteiger partial charge in [-0.15, -0.1) is 0 Å². The van der Waals surface area contributed by atoms with Gasteiger partial charge in [-0.25, -0.2) is 0 Å². The maximum Gasteiger partial charge on any atom is 0.321 e. The Hall–Kier alpha value is -3.09. The maximum absolute atomic E-state index is 12.5. The second kappa shape index (κ2) is 6.19. The molecule has 0 aliphatic heterocycles. The zero-order valence-corrected chi connectivity index (χ0v) is 13.7. The van der Waals surface area contributed by atoms with E-state index in [2.05, 4.69) is 15.5 Å². The van der Waals surface area contributed by atoms with Crippen LogP contribution < -0.4 is 14.8 Å². The van der Waals surface area contributed by atoms with E-state index in [9.17, 15) is 10.0 Å². The Morgan fingerprint density at radius 3 is 2.88 bits per heavy atom. The van der Waals surface area contributed by atoms with Gasteiger partial charge in [0.25, 0.3) is 5.69 Å². The Morgan fingerprint density at radius 1 is 1.38 bits per heavy atom. The number of carbonyl (C=O) groups is 1. The standard InChI is InChI=1S/C17H18N4O3/c1-10(2)14-5-4-6-15(21(14)23)17(22)19-13-7-11-9-18-20-12(11)8-16(13)24-3/h4-10H,1-3H3,(H,18,20)(H,19,22). The number of fused-ring (bicyclic) bond motifs is 1. The molecule has 0 unspecified atom stereocenters. The fraction of sp³-hybridized carbons (Fsp3) is 0.235. The molecule has 0 saturated heterocycles. The minimum atomic E-state index is -0.492. The number of H-pyrrole nitrogens is 1. The molecule has 0 atom stereocenters. The van der Waals surface area contributed by atoms with E-state index in [4.69, 9.17) is 4.74 Å². The van der Waals surface area contributed by atoms with Gasteiger partial charge in [-0.1, -0.05) is 13.8 Å². The molecule has 2 N–H and O–H groups in total. The maximum atomic E-state index is 12.5. The predicted molar refractivity (Wildman–Crippen MR) is 90.1 cm³/mol. The molecule has 0 spiro atoms. The molecule has 0 fully saturated rings. The van der Waals surface area contributed by atoms with Gasteiger partial charge in [-0.3, -0.25) is 9.89 Å². The number of benzene rings is 1. The van der Waals surface area contributed by atoms with Crippen molar-refractivity contribution in [2.45, 2.75) is 19.8 Å². The van der Waals surface area contributed by atoms with Gasteiger partial charge in [0.05, 0.1) is 24.5 Å². The molecule has 7 heteroatoms. The quantitative estimate of drug-likeness (QED) is 0.569. The fourth-order valence-corrected chi connectivity index (χ4v) is 2.53. The van der Waals surface area contributed by atoms with Gasteiger partial charge in [-0.2, -0.15) is 9.83 Å². The van der Waals surface area contributed by atoms with Gasteiger partial charge in [0.2, 0.25) is 0 Å². The lowest BCUT2D eigenvalue weighted by atomic mass is 10.1. The molecule has 7 nitrogen and oxygen atoms in total. The van der Waals surface area contributed by atoms with E-state index >= 15 is 0 Å². The van der Waals surface area contributed by atoms with Crippen LogP contribution in [0.1, 0.15) is 35.9 Å². The lowest BCUT2D eigenvalue weighted by Crippen LogP contribution is -2.41. The van der Waals surface area contributed by atoms with Crippen molar-refractivity contribution >= 4 is 22.5 Å². The Morgan fingerprint density at radius 2 is 2.17 bits per heavy atom. The van der Waals surface area contributed by atoms with E-state index in [-0.39, 0.29) is 11.6 Å². The molecule has 1 amide bonds. The summed E-state index contributed by atoms with van der Waals surface area (Å²) in [5, 5.41) is 22.7. The van der Waals surface area contributed by atoms with E-state index in [0.717, 1.165) is 10.9 Å². The number of aromatic amines is 1. The number of anilines is 1. The predicted octanol–water partition coefficient (Wildman–Crippen LogP) is 2.58. The summed E-state index contributed by atoms with van der Waals surface area (Å²) >= 11 is 0. The molecule has 124 valence electrons. The smallest absolute Gasteiger partial charge is 0.321 e. The van der Waals surface area contributed by atoms with Crippen LogP contribution in [0.2, 0.25) is 0 Å². The first kappa shape index (κ1) is 15.8. The Kier molecular flexibility index (Phi) is 4.07. The second-order valence-electron chi connectivity index (χ2n) is 5.75. The third kappa shape index (κ3) is 2.76. The zero-order valence-electron chi connectivity index (χ0n) is 13.7. The minimum Gasteiger partial charge on any atom is -0.618 e. The van der Waals surface area contributed by atoms with Crippen LogP contribution in [0.4, 0.5) is 5.69 Å². The highest BCUT2D eigenvalue weighted by molar-refractivity contribution is 6.04. The first-order valence-corrected chi connectivity index (χ1v) is 7.56. The first-order valence-electron chi connectivity index (χ1n) is 7.56. The molecule has 24 heavy (non-hydrogen) atoms. The van der Waals surface area contributed by atoms with Crippen molar-refractivity contribution in [2.75, 3.05) is 12.4 Å². The molecule has 1 aromatic carbocycles. The monoisotopic (exact) mass is 326 g/mol. The van der Waals surface area contributed by atoms with Gasteiger partial charge >= 0.3 is 5.91 Å². The molecule has 0 bridgehead atoms. The summed E-state index contributed by atoms with van der Waals surface area (Å²) in [6, 6.07) is 8.41. The van der Waals surface area contributed by atoms with Crippen molar-refractivity contribution in [1.82, 2.24) is 10.2 Å². The molecule has 2 heterocycles. The molecule has 3 aromatic rings. The number of nitrogens with one attached hydrogen (secondary N) is 2. The van der Waals surface area contributed by atoms with E-state index in [1.54, 1.807) is 30.5 Å². The highest BCUT2D eigenvalue weighted by Gasteiger charge is 2.22. The number of pyridine rings is 1. The van der Waals surface area contributed by atoms with Crippen LogP contribution >= 0.6 is 0 Å². The molecular weight excluding hydrogens is 308 g/mol. The summed E-state index contributed by atoms with van der Waals surface area (Å²) in [7, 11) is 1.51. The Bertz CT molecular complexity index is 902. The lowest BCUT2D eigenvalue weighted by molar-refractivity contribution is -0.617. The lowest BCUT2D eigenvalue weighted by Gasteiger charge is -2.13. The van der Waals surface area contributed by atoms with Crippen LogP contribution in [0.3, 0.4) is 0 Å². The number of carbonyl (C=O) groups excluding carboxylic acids is 1. The van der Waals surface area contributed by atoms with Crippen LogP contribution in [-0.4, -0.2) is 23.2 Å². The second-order valence-corrected chi connectivity index (χ2v) is 5.75. The molecule has 2 aromatic heterocycles.